The number of hydrogen-bond acceptors (Lipinski definition) is 7. The summed E-state index contributed by atoms with van der Waals surface area (Å²) in [5.74, 6) is 6.54. The van der Waals surface area contributed by atoms with Gasteiger partial charge >= 0.3 is 6.03 Å². The molecule has 3 aliphatic rings. The van der Waals surface area contributed by atoms with Crippen molar-refractivity contribution < 1.29 is 24.3 Å². The van der Waals surface area contributed by atoms with E-state index >= 15 is 0 Å². The highest BCUT2D eigenvalue weighted by Crippen LogP contribution is 2.25. The Morgan fingerprint density at radius 3 is 2.44 bits per heavy atom. The van der Waals surface area contributed by atoms with Gasteiger partial charge < -0.3 is 25.1 Å². The monoisotopic (exact) mass is 560 g/mol. The summed E-state index contributed by atoms with van der Waals surface area (Å²) in [5.41, 5.74) is 3.36. The minimum absolute atomic E-state index is 0.0777. The summed E-state index contributed by atoms with van der Waals surface area (Å²) in [4.78, 5) is 40.3. The zero-order valence-corrected chi connectivity index (χ0v) is 23.6. The number of methoxy groups -OCH3 is 1. The van der Waals surface area contributed by atoms with Gasteiger partial charge in [-0.15, -0.1) is 0 Å². The molecule has 0 radical (unpaired) electrons. The van der Waals surface area contributed by atoms with Gasteiger partial charge in [0.15, 0.2) is 11.9 Å². The molecule has 41 heavy (non-hydrogen) atoms. The number of benzene rings is 2. The van der Waals surface area contributed by atoms with Gasteiger partial charge in [-0.25, -0.2) is 4.79 Å². The van der Waals surface area contributed by atoms with Crippen molar-refractivity contribution >= 4 is 23.7 Å². The lowest BCUT2D eigenvalue weighted by atomic mass is 10.1. The lowest BCUT2D eigenvalue weighted by molar-refractivity contribution is -0.119. The number of unbranched alkanes of at least 4 members (excludes halogenated alkanes) is 1. The molecule has 2 aromatic rings. The van der Waals surface area contributed by atoms with Gasteiger partial charge in [-0.1, -0.05) is 36.4 Å². The average Bonchev–Trinajstić information content (AvgIpc) is 3.47. The van der Waals surface area contributed by atoms with Crippen LogP contribution in [0.25, 0.3) is 0 Å². The van der Waals surface area contributed by atoms with Crippen molar-refractivity contribution in [3.8, 4) is 17.6 Å². The number of nitrogens with zero attached hydrogens (tertiary/aromatic N) is 4. The quantitative estimate of drug-likeness (QED) is 0.128. The van der Waals surface area contributed by atoms with Crippen LogP contribution >= 0.6 is 0 Å². The molecule has 4 amide bonds. The maximum atomic E-state index is 11.5. The van der Waals surface area contributed by atoms with Crippen LogP contribution in [-0.2, 0) is 11.3 Å². The van der Waals surface area contributed by atoms with Crippen molar-refractivity contribution in [2.75, 3.05) is 46.9 Å². The highest BCUT2D eigenvalue weighted by Gasteiger charge is 2.27. The van der Waals surface area contributed by atoms with Crippen LogP contribution in [0.1, 0.15) is 46.8 Å². The van der Waals surface area contributed by atoms with Crippen LogP contribution in [0.5, 0.6) is 5.75 Å². The minimum Gasteiger partial charge on any atom is -0.497 e. The fourth-order valence-electron chi connectivity index (χ4n) is 4.80. The lowest BCUT2D eigenvalue weighted by Gasteiger charge is -2.36. The number of carbonyl (C=O) groups excluding carboxylic acids is 3. The van der Waals surface area contributed by atoms with Crippen LogP contribution < -0.4 is 15.4 Å². The maximum absolute atomic E-state index is 11.5. The molecular formula is C30H36N6O5. The summed E-state index contributed by atoms with van der Waals surface area (Å²) in [6.07, 6.45) is 2.40. The number of amidine groups is 1. The van der Waals surface area contributed by atoms with Crippen LogP contribution in [0.4, 0.5) is 4.79 Å². The van der Waals surface area contributed by atoms with Crippen LogP contribution in [0, 0.1) is 11.8 Å². The Morgan fingerprint density at radius 2 is 1.83 bits per heavy atom. The van der Waals surface area contributed by atoms with E-state index in [9.17, 15) is 19.6 Å². The average molecular weight is 561 g/mol. The number of fused-ring (bicyclic) bond motifs is 1. The lowest BCUT2D eigenvalue weighted by Crippen LogP contribution is -2.49. The SMILES string of the molecule is CCCCN1CCN(/C(=N\O)c2ccc(C#C[C@@H]3NC(=O)NC3=O)cc2)CC1.COc1ccc2c(c1)C(=O)N(C)C2. The number of urea groups is 1. The van der Waals surface area contributed by atoms with Gasteiger partial charge in [-0.2, -0.15) is 0 Å². The molecule has 0 aliphatic carbocycles. The van der Waals surface area contributed by atoms with Gasteiger partial charge in [0.25, 0.3) is 11.8 Å². The Morgan fingerprint density at radius 1 is 1.10 bits per heavy atom. The smallest absolute Gasteiger partial charge is 0.322 e. The second-order valence-electron chi connectivity index (χ2n) is 10.0. The van der Waals surface area contributed by atoms with Gasteiger partial charge in [0.1, 0.15) is 5.75 Å². The van der Waals surface area contributed by atoms with Gasteiger partial charge in [0, 0.05) is 56.5 Å². The Balaban J connectivity index is 0.000000247. The Bertz CT molecular complexity index is 1360. The van der Waals surface area contributed by atoms with Gasteiger partial charge in [0.2, 0.25) is 0 Å². The zero-order valence-electron chi connectivity index (χ0n) is 23.6. The third-order valence-corrected chi connectivity index (χ3v) is 7.17. The first-order chi connectivity index (χ1) is 19.8. The summed E-state index contributed by atoms with van der Waals surface area (Å²) in [6.45, 7) is 7.57. The van der Waals surface area contributed by atoms with Gasteiger partial charge in [0.05, 0.1) is 7.11 Å². The fourth-order valence-corrected chi connectivity index (χ4v) is 4.80. The first-order valence-electron chi connectivity index (χ1n) is 13.7. The van der Waals surface area contributed by atoms with E-state index < -0.39 is 18.0 Å². The summed E-state index contributed by atoms with van der Waals surface area (Å²) in [5, 5.41) is 17.6. The molecule has 0 bridgehead atoms. The van der Waals surface area contributed by atoms with Crippen molar-refractivity contribution in [3.63, 3.8) is 0 Å². The number of piperazine rings is 1. The van der Waals surface area contributed by atoms with Gasteiger partial charge in [-0.3, -0.25) is 19.8 Å². The van der Waals surface area contributed by atoms with Crippen molar-refractivity contribution in [2.45, 2.75) is 32.4 Å². The number of carbonyl (C=O) groups is 3. The molecule has 0 saturated carbocycles. The molecule has 11 nitrogen and oxygen atoms in total. The topological polar surface area (TPSA) is 127 Å². The fraction of sp³-hybridized carbons (Fsp3) is 0.400. The summed E-state index contributed by atoms with van der Waals surface area (Å²) < 4.78 is 5.05. The van der Waals surface area contributed by atoms with E-state index in [1.165, 1.54) is 12.8 Å². The molecule has 3 N–H and O–H groups in total. The van der Waals surface area contributed by atoms with E-state index in [0.717, 1.165) is 55.2 Å². The van der Waals surface area contributed by atoms with Crippen molar-refractivity contribution in [1.29, 1.82) is 0 Å². The Labute approximate surface area is 240 Å². The number of hydrogen-bond donors (Lipinski definition) is 3. The molecular weight excluding hydrogens is 524 g/mol. The third kappa shape index (κ3) is 7.35. The molecule has 1 atom stereocenters. The van der Waals surface area contributed by atoms with E-state index in [0.29, 0.717) is 17.9 Å². The van der Waals surface area contributed by atoms with E-state index in [-0.39, 0.29) is 5.91 Å². The molecule has 0 spiro atoms. The Hall–Kier alpha value is -4.56. The van der Waals surface area contributed by atoms with Crippen molar-refractivity contribution in [1.82, 2.24) is 25.3 Å². The van der Waals surface area contributed by atoms with Crippen LogP contribution in [0.2, 0.25) is 0 Å². The molecule has 2 aromatic carbocycles. The molecule has 2 fully saturated rings. The Kier molecular flexibility index (Phi) is 9.81. The predicted octanol–water partition coefficient (Wildman–Crippen LogP) is 2.08. The van der Waals surface area contributed by atoms with Gasteiger partial charge in [-0.05, 0) is 54.9 Å². The molecule has 5 rings (SSSR count). The van der Waals surface area contributed by atoms with E-state index in [2.05, 4.69) is 44.4 Å². The highest BCUT2D eigenvalue weighted by atomic mass is 16.5. The second kappa shape index (κ2) is 13.7. The summed E-state index contributed by atoms with van der Waals surface area (Å²) >= 11 is 0. The van der Waals surface area contributed by atoms with Crippen LogP contribution in [0.15, 0.2) is 47.6 Å². The number of rotatable bonds is 5. The number of imide groups is 1. The first kappa shape index (κ1) is 29.4. The minimum atomic E-state index is -0.828. The third-order valence-electron chi connectivity index (χ3n) is 7.17. The van der Waals surface area contributed by atoms with Crippen molar-refractivity contribution in [2.24, 2.45) is 5.16 Å². The predicted molar refractivity (Wildman–Crippen MR) is 154 cm³/mol. The molecule has 2 saturated heterocycles. The van der Waals surface area contributed by atoms with E-state index in [1.54, 1.807) is 37.3 Å². The standard InChI is InChI=1S/C20H25N5O3.C10H11NO2/c1-2-3-10-24-11-13-25(14-12-24)18(23-28)16-7-4-15(5-8-16)6-9-17-19(26)22-20(27)21-17;1-11-6-7-3-4-8(13-2)5-9(7)10(11)12/h4-5,7-8,17,28H,2-3,10-14H2,1H3,(H2,21,22,26,27);3-5H,6H2,1-2H3/b23-18-;/t17-;/m0./s1. The highest BCUT2D eigenvalue weighted by molar-refractivity contribution is 6.06. The molecule has 3 heterocycles. The van der Waals surface area contributed by atoms with Crippen molar-refractivity contribution in [3.05, 3.63) is 64.7 Å². The zero-order chi connectivity index (χ0) is 29.4. The van der Waals surface area contributed by atoms with Crippen LogP contribution in [-0.4, -0.2) is 96.5 Å². The molecule has 11 heteroatoms. The molecule has 0 unspecified atom stereocenters. The number of amides is 4. The van der Waals surface area contributed by atoms with Crippen LogP contribution in [0.3, 0.4) is 0 Å². The second-order valence-corrected chi connectivity index (χ2v) is 10.0. The number of oxime groups is 1. The number of ether oxygens (including phenoxy) is 1. The molecule has 216 valence electrons. The van der Waals surface area contributed by atoms with E-state index in [4.69, 9.17) is 4.74 Å². The van der Waals surface area contributed by atoms with E-state index in [1.807, 2.05) is 24.3 Å². The molecule has 0 aromatic heterocycles. The first-order valence-corrected chi connectivity index (χ1v) is 13.7. The molecule has 3 aliphatic heterocycles. The largest absolute Gasteiger partial charge is 0.497 e. The summed E-state index contributed by atoms with van der Waals surface area (Å²) in [6, 6.07) is 11.6. The normalized spacial score (nSPS) is 18.6. The number of nitrogens with one attached hydrogen (secondary N) is 2. The summed E-state index contributed by atoms with van der Waals surface area (Å²) in [7, 11) is 3.40. The maximum Gasteiger partial charge on any atom is 0.322 e.